The molecule has 1 saturated heterocycles. The maximum absolute atomic E-state index is 13.6. The molecule has 5 heteroatoms. The van der Waals surface area contributed by atoms with Crippen molar-refractivity contribution in [3.63, 3.8) is 0 Å². The smallest absolute Gasteiger partial charge is 0.201 e. The van der Waals surface area contributed by atoms with Crippen LogP contribution in [0.4, 0.5) is 10.3 Å². The lowest BCUT2D eigenvalue weighted by Gasteiger charge is -2.30. The maximum Gasteiger partial charge on any atom is 0.201 e. The number of rotatable bonds is 2. The fourth-order valence-electron chi connectivity index (χ4n) is 3.14. The fourth-order valence-corrected chi connectivity index (χ4v) is 3.14. The molecule has 0 radical (unpaired) electrons. The lowest BCUT2D eigenvalue weighted by Crippen LogP contribution is -2.34. The lowest BCUT2D eigenvalue weighted by molar-refractivity contribution is 0.196. The Balaban J connectivity index is 1.94. The molecule has 1 aromatic heterocycles. The van der Waals surface area contributed by atoms with E-state index in [4.69, 9.17) is 5.73 Å². The van der Waals surface area contributed by atoms with Crippen LogP contribution in [0.1, 0.15) is 18.4 Å². The van der Waals surface area contributed by atoms with Gasteiger partial charge in [-0.1, -0.05) is 0 Å². The zero-order chi connectivity index (χ0) is 14.3. The van der Waals surface area contributed by atoms with E-state index < -0.39 is 0 Å². The van der Waals surface area contributed by atoms with Crippen LogP contribution in [0.2, 0.25) is 0 Å². The Morgan fingerprint density at radius 3 is 3.00 bits per heavy atom. The summed E-state index contributed by atoms with van der Waals surface area (Å²) >= 11 is 0. The first-order valence-electron chi connectivity index (χ1n) is 7.15. The van der Waals surface area contributed by atoms with E-state index in [0.29, 0.717) is 22.9 Å². The Morgan fingerprint density at radius 1 is 1.45 bits per heavy atom. The van der Waals surface area contributed by atoms with Crippen molar-refractivity contribution < 1.29 is 4.39 Å². The molecule has 0 aliphatic carbocycles. The van der Waals surface area contributed by atoms with E-state index in [-0.39, 0.29) is 5.82 Å². The van der Waals surface area contributed by atoms with E-state index in [1.54, 1.807) is 6.92 Å². The number of nitrogens with two attached hydrogens (primary N) is 1. The molecule has 0 bridgehead atoms. The summed E-state index contributed by atoms with van der Waals surface area (Å²) in [7, 11) is 2.15. The second-order valence-electron chi connectivity index (χ2n) is 5.94. The van der Waals surface area contributed by atoms with Gasteiger partial charge in [0.2, 0.25) is 5.95 Å². The number of nitrogens with zero attached hydrogens (tertiary/aromatic N) is 3. The van der Waals surface area contributed by atoms with Gasteiger partial charge in [-0.15, -0.1) is 0 Å². The zero-order valence-electron chi connectivity index (χ0n) is 12.1. The van der Waals surface area contributed by atoms with Crippen LogP contribution in [0.25, 0.3) is 11.0 Å². The van der Waals surface area contributed by atoms with E-state index in [0.717, 1.165) is 18.6 Å². The normalized spacial score (nSPS) is 20.6. The first kappa shape index (κ1) is 13.4. The molecular formula is C15H21FN4. The van der Waals surface area contributed by atoms with Crippen molar-refractivity contribution in [3.8, 4) is 0 Å². The van der Waals surface area contributed by atoms with Gasteiger partial charge in [-0.25, -0.2) is 9.37 Å². The predicted molar refractivity (Wildman–Crippen MR) is 79.1 cm³/mol. The molecule has 4 nitrogen and oxygen atoms in total. The Kier molecular flexibility index (Phi) is 3.38. The fraction of sp³-hybridized carbons (Fsp3) is 0.533. The molecule has 1 fully saturated rings. The number of aromatic nitrogens is 2. The zero-order valence-corrected chi connectivity index (χ0v) is 12.1. The Labute approximate surface area is 118 Å². The second kappa shape index (κ2) is 5.05. The van der Waals surface area contributed by atoms with Crippen molar-refractivity contribution >= 4 is 17.0 Å². The summed E-state index contributed by atoms with van der Waals surface area (Å²) in [6, 6.07) is 3.32. The Bertz CT molecular complexity index is 634. The van der Waals surface area contributed by atoms with Crippen LogP contribution >= 0.6 is 0 Å². The van der Waals surface area contributed by atoms with Gasteiger partial charge in [-0.05, 0) is 50.9 Å². The molecule has 1 aromatic carbocycles. The van der Waals surface area contributed by atoms with E-state index in [1.807, 2.05) is 10.6 Å². The number of hydrogen-bond donors (Lipinski definition) is 1. The largest absolute Gasteiger partial charge is 0.369 e. The van der Waals surface area contributed by atoms with Gasteiger partial charge in [0.05, 0.1) is 11.0 Å². The van der Waals surface area contributed by atoms with E-state index in [1.165, 1.54) is 25.5 Å². The molecule has 1 aliphatic rings. The van der Waals surface area contributed by atoms with Crippen LogP contribution in [0.5, 0.6) is 0 Å². The number of hydrogen-bond acceptors (Lipinski definition) is 3. The van der Waals surface area contributed by atoms with Gasteiger partial charge in [0, 0.05) is 19.2 Å². The van der Waals surface area contributed by atoms with Gasteiger partial charge in [-0.3, -0.25) is 0 Å². The number of aryl methyl sites for hydroxylation is 1. The maximum atomic E-state index is 13.6. The van der Waals surface area contributed by atoms with E-state index in [2.05, 4.69) is 16.9 Å². The molecule has 2 aromatic rings. The monoisotopic (exact) mass is 276 g/mol. The second-order valence-corrected chi connectivity index (χ2v) is 5.94. The number of benzene rings is 1. The topological polar surface area (TPSA) is 47.1 Å². The summed E-state index contributed by atoms with van der Waals surface area (Å²) in [5.74, 6) is 0.844. The van der Waals surface area contributed by atoms with Crippen molar-refractivity contribution in [1.82, 2.24) is 14.5 Å². The van der Waals surface area contributed by atoms with E-state index >= 15 is 0 Å². The molecule has 0 amide bonds. The molecule has 2 N–H and O–H groups in total. The number of likely N-dealkylation sites (tertiary alicyclic amines) is 1. The predicted octanol–water partition coefficient (Wildman–Crippen LogP) is 2.41. The summed E-state index contributed by atoms with van der Waals surface area (Å²) in [5, 5.41) is 0. The van der Waals surface area contributed by atoms with Crippen molar-refractivity contribution in [2.75, 3.05) is 25.9 Å². The van der Waals surface area contributed by atoms with Gasteiger partial charge in [0.15, 0.2) is 0 Å². The molecule has 20 heavy (non-hydrogen) atoms. The average molecular weight is 276 g/mol. The highest BCUT2D eigenvalue weighted by molar-refractivity contribution is 5.79. The SMILES string of the molecule is Cc1cc2c(cc1F)nc(N)n2CC1CCCN(C)C1. The minimum Gasteiger partial charge on any atom is -0.369 e. The molecule has 0 saturated carbocycles. The van der Waals surface area contributed by atoms with Crippen LogP contribution in [0.3, 0.4) is 0 Å². The van der Waals surface area contributed by atoms with Crippen LogP contribution in [0.15, 0.2) is 12.1 Å². The first-order chi connectivity index (χ1) is 9.54. The minimum atomic E-state index is -0.223. The number of halogens is 1. The summed E-state index contributed by atoms with van der Waals surface area (Å²) < 4.78 is 15.6. The molecule has 108 valence electrons. The first-order valence-corrected chi connectivity index (χ1v) is 7.15. The lowest BCUT2D eigenvalue weighted by atomic mass is 9.98. The van der Waals surface area contributed by atoms with Gasteiger partial charge in [0.1, 0.15) is 5.82 Å². The summed E-state index contributed by atoms with van der Waals surface area (Å²) in [5.41, 5.74) is 8.25. The number of nitrogen functional groups attached to an aromatic ring is 1. The van der Waals surface area contributed by atoms with Crippen LogP contribution in [0, 0.1) is 18.7 Å². The van der Waals surface area contributed by atoms with Crippen molar-refractivity contribution in [2.45, 2.75) is 26.3 Å². The number of imidazole rings is 1. The van der Waals surface area contributed by atoms with E-state index in [9.17, 15) is 4.39 Å². The number of fused-ring (bicyclic) bond motifs is 1. The molecule has 1 unspecified atom stereocenters. The molecule has 1 aliphatic heterocycles. The van der Waals surface area contributed by atoms with Crippen LogP contribution in [-0.4, -0.2) is 34.6 Å². The Morgan fingerprint density at radius 2 is 2.25 bits per heavy atom. The van der Waals surface area contributed by atoms with Crippen molar-refractivity contribution in [3.05, 3.63) is 23.5 Å². The molecule has 2 heterocycles. The molecule has 3 rings (SSSR count). The van der Waals surface area contributed by atoms with Crippen LogP contribution < -0.4 is 5.73 Å². The van der Waals surface area contributed by atoms with Gasteiger partial charge >= 0.3 is 0 Å². The average Bonchev–Trinajstić information content (AvgIpc) is 2.67. The number of piperidine rings is 1. The van der Waals surface area contributed by atoms with Gasteiger partial charge < -0.3 is 15.2 Å². The molecular weight excluding hydrogens is 255 g/mol. The van der Waals surface area contributed by atoms with Crippen LogP contribution in [-0.2, 0) is 6.54 Å². The molecule has 0 spiro atoms. The van der Waals surface area contributed by atoms with Gasteiger partial charge in [-0.2, -0.15) is 0 Å². The quantitative estimate of drug-likeness (QED) is 0.916. The summed E-state index contributed by atoms with van der Waals surface area (Å²) in [4.78, 5) is 6.64. The third-order valence-electron chi connectivity index (χ3n) is 4.22. The summed E-state index contributed by atoms with van der Waals surface area (Å²) in [6.07, 6.45) is 2.44. The van der Waals surface area contributed by atoms with Crippen molar-refractivity contribution in [2.24, 2.45) is 5.92 Å². The standard InChI is InChI=1S/C15H21FN4/c1-10-6-14-13(7-12(10)16)18-15(17)20(14)9-11-4-3-5-19(2)8-11/h6-7,11H,3-5,8-9H2,1-2H3,(H2,17,18). The van der Waals surface area contributed by atoms with Crippen molar-refractivity contribution in [1.29, 1.82) is 0 Å². The summed E-state index contributed by atoms with van der Waals surface area (Å²) in [6.45, 7) is 4.88. The Hall–Kier alpha value is -1.62. The third kappa shape index (κ3) is 2.38. The van der Waals surface area contributed by atoms with Gasteiger partial charge in [0.25, 0.3) is 0 Å². The highest BCUT2D eigenvalue weighted by Crippen LogP contribution is 2.25. The third-order valence-corrected chi connectivity index (χ3v) is 4.22. The molecule has 1 atom stereocenters. The highest BCUT2D eigenvalue weighted by Gasteiger charge is 2.20. The minimum absolute atomic E-state index is 0.223. The number of anilines is 1. The highest BCUT2D eigenvalue weighted by atomic mass is 19.1.